The van der Waals surface area contributed by atoms with E-state index >= 15 is 0 Å². The molecule has 5 heteroatoms. The van der Waals surface area contributed by atoms with Crippen molar-refractivity contribution in [1.29, 1.82) is 5.41 Å². The molecular formula is C24H39N3O2. The highest BCUT2D eigenvalue weighted by Gasteiger charge is 2.36. The highest BCUT2D eigenvalue weighted by atomic mass is 16.7. The molecule has 2 rings (SSSR count). The number of guanidine groups is 1. The fourth-order valence-electron chi connectivity index (χ4n) is 3.82. The number of benzene rings is 1. The minimum absolute atomic E-state index is 0.0508. The minimum atomic E-state index is -0.380. The lowest BCUT2D eigenvalue weighted by Crippen LogP contribution is -2.35. The zero-order valence-corrected chi connectivity index (χ0v) is 18.1. The van der Waals surface area contributed by atoms with Gasteiger partial charge in [-0.25, -0.2) is 5.06 Å². The van der Waals surface area contributed by atoms with Crippen LogP contribution in [-0.2, 0) is 16.2 Å². The predicted molar refractivity (Wildman–Crippen MR) is 118 cm³/mol. The fraction of sp³-hybridized carbons (Fsp3) is 0.667. The fourth-order valence-corrected chi connectivity index (χ4v) is 3.82. The molecule has 1 atom stereocenters. The summed E-state index contributed by atoms with van der Waals surface area (Å²) < 4.78 is 0. The minimum Gasteiger partial charge on any atom is -0.293 e. The van der Waals surface area contributed by atoms with Gasteiger partial charge >= 0.3 is 0 Å². The third-order valence-corrected chi connectivity index (χ3v) is 5.59. The number of rotatable bonds is 16. The van der Waals surface area contributed by atoms with E-state index in [0.717, 1.165) is 24.8 Å². The summed E-state index contributed by atoms with van der Waals surface area (Å²) in [6.07, 6.45) is 16.3. The van der Waals surface area contributed by atoms with Gasteiger partial charge < -0.3 is 0 Å². The maximum atomic E-state index is 12.2. The van der Waals surface area contributed by atoms with Crippen LogP contribution < -0.4 is 5.32 Å². The number of hydroxylamine groups is 2. The van der Waals surface area contributed by atoms with Crippen LogP contribution in [0.4, 0.5) is 0 Å². The van der Waals surface area contributed by atoms with E-state index in [2.05, 4.69) is 12.2 Å². The Hall–Kier alpha value is -1.88. The zero-order valence-electron chi connectivity index (χ0n) is 18.1. The summed E-state index contributed by atoms with van der Waals surface area (Å²) in [5.41, 5.74) is 1.03. The Morgan fingerprint density at radius 3 is 2.03 bits per heavy atom. The van der Waals surface area contributed by atoms with E-state index in [-0.39, 0.29) is 17.9 Å². The van der Waals surface area contributed by atoms with Crippen molar-refractivity contribution in [3.05, 3.63) is 35.9 Å². The Labute approximate surface area is 176 Å². The summed E-state index contributed by atoms with van der Waals surface area (Å²) in [7, 11) is 0. The zero-order chi connectivity index (χ0) is 20.7. The molecule has 1 saturated heterocycles. The average Bonchev–Trinajstić information content (AvgIpc) is 3.00. The molecule has 1 unspecified atom stereocenters. The Bertz CT molecular complexity index is 591. The van der Waals surface area contributed by atoms with Crippen LogP contribution in [0.1, 0.15) is 96.0 Å². The van der Waals surface area contributed by atoms with Gasteiger partial charge in [-0.1, -0.05) is 114 Å². The number of hydrogen-bond acceptors (Lipinski definition) is 3. The highest BCUT2D eigenvalue weighted by Crippen LogP contribution is 2.18. The molecule has 0 aromatic heterocycles. The van der Waals surface area contributed by atoms with Gasteiger partial charge in [0.2, 0.25) is 5.96 Å². The van der Waals surface area contributed by atoms with Gasteiger partial charge in [0.05, 0.1) is 0 Å². The molecule has 5 nitrogen and oxygen atoms in total. The maximum Gasteiger partial charge on any atom is 0.252 e. The van der Waals surface area contributed by atoms with Gasteiger partial charge in [0.1, 0.15) is 12.6 Å². The van der Waals surface area contributed by atoms with Crippen molar-refractivity contribution in [2.45, 2.75) is 103 Å². The molecule has 0 spiro atoms. The Morgan fingerprint density at radius 2 is 1.45 bits per heavy atom. The Balaban J connectivity index is 1.54. The summed E-state index contributed by atoms with van der Waals surface area (Å²) in [5.74, 6) is -0.0685. The Morgan fingerprint density at radius 1 is 0.897 bits per heavy atom. The molecule has 0 aliphatic carbocycles. The summed E-state index contributed by atoms with van der Waals surface area (Å²) in [4.78, 5) is 17.9. The summed E-state index contributed by atoms with van der Waals surface area (Å²) in [5, 5.41) is 12.0. The van der Waals surface area contributed by atoms with Crippen molar-refractivity contribution in [1.82, 2.24) is 10.4 Å². The number of carbonyl (C=O) groups is 1. The standard InChI is InChI=1S/C24H39N3O2/c1-2-3-4-5-6-7-8-9-10-11-12-16-19-22-23(28)26-24(25)27(22)29-20-21-17-14-13-15-18-21/h13-15,17-18,22H,2-12,16,19-20H2,1H3,(H2,25,26,28). The molecule has 2 N–H and O–H groups in total. The van der Waals surface area contributed by atoms with Crippen molar-refractivity contribution in [3.63, 3.8) is 0 Å². The summed E-state index contributed by atoms with van der Waals surface area (Å²) in [6, 6.07) is 9.46. The normalized spacial score (nSPS) is 16.4. The molecule has 1 heterocycles. The number of nitrogens with one attached hydrogen (secondary N) is 2. The average molecular weight is 402 g/mol. The predicted octanol–water partition coefficient (Wildman–Crippen LogP) is 5.94. The largest absolute Gasteiger partial charge is 0.293 e. The third-order valence-electron chi connectivity index (χ3n) is 5.59. The number of hydrogen-bond donors (Lipinski definition) is 2. The lowest BCUT2D eigenvalue weighted by molar-refractivity contribution is -0.148. The van der Waals surface area contributed by atoms with Crippen LogP contribution in [0.3, 0.4) is 0 Å². The van der Waals surface area contributed by atoms with Gasteiger partial charge in [0.15, 0.2) is 0 Å². The molecule has 162 valence electrons. The second-order valence-corrected chi connectivity index (χ2v) is 8.12. The first kappa shape index (κ1) is 23.4. The third kappa shape index (κ3) is 8.99. The number of nitrogens with zero attached hydrogens (tertiary/aromatic N) is 1. The van der Waals surface area contributed by atoms with E-state index in [1.54, 1.807) is 0 Å². The molecule has 0 saturated carbocycles. The molecule has 1 aliphatic rings. The van der Waals surface area contributed by atoms with Crippen LogP contribution in [0.15, 0.2) is 30.3 Å². The van der Waals surface area contributed by atoms with E-state index < -0.39 is 0 Å². The van der Waals surface area contributed by atoms with Crippen LogP contribution >= 0.6 is 0 Å². The first-order chi connectivity index (χ1) is 14.2. The van der Waals surface area contributed by atoms with Gasteiger partial charge in [0.25, 0.3) is 5.91 Å². The van der Waals surface area contributed by atoms with Crippen LogP contribution in [0.25, 0.3) is 0 Å². The molecule has 1 aliphatic heterocycles. The van der Waals surface area contributed by atoms with E-state index in [1.807, 2.05) is 30.3 Å². The van der Waals surface area contributed by atoms with Gasteiger partial charge in [0, 0.05) is 0 Å². The highest BCUT2D eigenvalue weighted by molar-refractivity contribution is 6.04. The molecule has 1 aromatic carbocycles. The first-order valence-corrected chi connectivity index (χ1v) is 11.6. The molecular weight excluding hydrogens is 362 g/mol. The molecule has 29 heavy (non-hydrogen) atoms. The molecule has 0 radical (unpaired) electrons. The molecule has 1 fully saturated rings. The second-order valence-electron chi connectivity index (χ2n) is 8.12. The van der Waals surface area contributed by atoms with Gasteiger partial charge in [-0.2, -0.15) is 0 Å². The maximum absolute atomic E-state index is 12.2. The van der Waals surface area contributed by atoms with Crippen LogP contribution in [0, 0.1) is 5.41 Å². The summed E-state index contributed by atoms with van der Waals surface area (Å²) >= 11 is 0. The number of carbonyl (C=O) groups excluding carboxylic acids is 1. The van der Waals surface area contributed by atoms with Crippen molar-refractivity contribution < 1.29 is 9.63 Å². The SMILES string of the molecule is CCCCCCCCCCCCCCC1C(=O)NC(=N)N1OCc1ccccc1. The van der Waals surface area contributed by atoms with Gasteiger partial charge in [-0.15, -0.1) is 0 Å². The van der Waals surface area contributed by atoms with Crippen molar-refractivity contribution in [3.8, 4) is 0 Å². The number of amides is 1. The van der Waals surface area contributed by atoms with Crippen LogP contribution in [-0.4, -0.2) is 23.0 Å². The molecule has 1 aromatic rings. The Kier molecular flexibility index (Phi) is 11.4. The summed E-state index contributed by atoms with van der Waals surface area (Å²) in [6.45, 7) is 2.63. The van der Waals surface area contributed by atoms with Crippen LogP contribution in [0.5, 0.6) is 0 Å². The van der Waals surface area contributed by atoms with Crippen molar-refractivity contribution in [2.75, 3.05) is 0 Å². The van der Waals surface area contributed by atoms with Gasteiger partial charge in [-0.3, -0.25) is 20.4 Å². The lowest BCUT2D eigenvalue weighted by Gasteiger charge is -2.22. The van der Waals surface area contributed by atoms with E-state index in [9.17, 15) is 4.79 Å². The van der Waals surface area contributed by atoms with Gasteiger partial charge in [-0.05, 0) is 12.0 Å². The lowest BCUT2D eigenvalue weighted by atomic mass is 10.0. The first-order valence-electron chi connectivity index (χ1n) is 11.6. The smallest absolute Gasteiger partial charge is 0.252 e. The quantitative estimate of drug-likeness (QED) is 0.337. The van der Waals surface area contributed by atoms with Crippen molar-refractivity contribution >= 4 is 11.9 Å². The van der Waals surface area contributed by atoms with E-state index in [1.165, 1.54) is 69.3 Å². The van der Waals surface area contributed by atoms with E-state index in [4.69, 9.17) is 10.2 Å². The topological polar surface area (TPSA) is 65.4 Å². The van der Waals surface area contributed by atoms with E-state index in [0.29, 0.717) is 6.61 Å². The van der Waals surface area contributed by atoms with Crippen molar-refractivity contribution in [2.24, 2.45) is 0 Å². The molecule has 0 bridgehead atoms. The monoisotopic (exact) mass is 401 g/mol. The second kappa shape index (κ2) is 14.2. The number of unbranched alkanes of at least 4 members (excludes halogenated alkanes) is 11. The molecule has 1 amide bonds. The van der Waals surface area contributed by atoms with Crippen LogP contribution in [0.2, 0.25) is 0 Å².